The number of rotatable bonds is 5. The number of anilines is 1. The number of nitrogens with one attached hydrogen (secondary N) is 2. The van der Waals surface area contributed by atoms with E-state index in [0.29, 0.717) is 29.5 Å². The number of fused-ring (bicyclic) bond motifs is 3. The second-order valence-corrected chi connectivity index (χ2v) is 8.66. The topological polar surface area (TPSA) is 75.8 Å². The molecule has 1 aliphatic rings. The Hall–Kier alpha value is -4.13. The molecule has 0 aliphatic carbocycles. The number of methoxy groups -OCH3 is 3. The van der Waals surface area contributed by atoms with Crippen LogP contribution in [0.5, 0.6) is 17.2 Å². The third-order valence-corrected chi connectivity index (χ3v) is 6.60. The molecule has 2 heterocycles. The van der Waals surface area contributed by atoms with E-state index in [4.69, 9.17) is 14.2 Å². The number of H-pyrrole nitrogens is 1. The number of aromatic nitrogens is 1. The molecule has 0 saturated carbocycles. The highest BCUT2D eigenvalue weighted by molar-refractivity contribution is 5.92. The van der Waals surface area contributed by atoms with Crippen LogP contribution >= 0.6 is 0 Å². The molecule has 0 saturated heterocycles. The zero-order valence-corrected chi connectivity index (χ0v) is 20.3. The number of aryl methyl sites for hydroxylation is 1. The normalized spacial score (nSPS) is 15.0. The van der Waals surface area contributed by atoms with Gasteiger partial charge in [-0.25, -0.2) is 4.79 Å². The fourth-order valence-electron chi connectivity index (χ4n) is 4.90. The molecular formula is C28H29N3O4. The van der Waals surface area contributed by atoms with Crippen LogP contribution in [0, 0.1) is 6.92 Å². The molecule has 0 radical (unpaired) electrons. The first-order valence-corrected chi connectivity index (χ1v) is 11.6. The van der Waals surface area contributed by atoms with Crippen LogP contribution in [0.25, 0.3) is 10.9 Å². The number of amides is 2. The molecule has 1 aromatic heterocycles. The Morgan fingerprint density at radius 2 is 1.66 bits per heavy atom. The summed E-state index contributed by atoms with van der Waals surface area (Å²) in [7, 11) is 4.66. The Labute approximate surface area is 204 Å². The zero-order valence-electron chi connectivity index (χ0n) is 20.3. The van der Waals surface area contributed by atoms with Gasteiger partial charge in [-0.1, -0.05) is 48.0 Å². The van der Waals surface area contributed by atoms with Crippen molar-refractivity contribution < 1.29 is 19.0 Å². The molecule has 35 heavy (non-hydrogen) atoms. The fourth-order valence-corrected chi connectivity index (χ4v) is 4.90. The van der Waals surface area contributed by atoms with Crippen LogP contribution in [0.3, 0.4) is 0 Å². The highest BCUT2D eigenvalue weighted by Gasteiger charge is 2.34. The third-order valence-electron chi connectivity index (χ3n) is 6.60. The highest BCUT2D eigenvalue weighted by atomic mass is 16.5. The van der Waals surface area contributed by atoms with E-state index in [2.05, 4.69) is 59.7 Å². The van der Waals surface area contributed by atoms with Crippen molar-refractivity contribution in [1.82, 2.24) is 9.88 Å². The molecule has 3 aromatic carbocycles. The summed E-state index contributed by atoms with van der Waals surface area (Å²) >= 11 is 0. The molecule has 7 heteroatoms. The minimum Gasteiger partial charge on any atom is -0.493 e. The number of carbonyl (C=O) groups excluding carboxylic acids is 1. The van der Waals surface area contributed by atoms with E-state index >= 15 is 0 Å². The Morgan fingerprint density at radius 1 is 0.971 bits per heavy atom. The molecule has 0 unspecified atom stereocenters. The smallest absolute Gasteiger partial charge is 0.322 e. The third kappa shape index (κ3) is 4.03. The van der Waals surface area contributed by atoms with Crippen molar-refractivity contribution in [2.45, 2.75) is 19.4 Å². The molecule has 180 valence electrons. The van der Waals surface area contributed by atoms with Crippen molar-refractivity contribution in [2.24, 2.45) is 0 Å². The van der Waals surface area contributed by atoms with E-state index in [9.17, 15) is 4.79 Å². The minimum absolute atomic E-state index is 0.200. The zero-order chi connectivity index (χ0) is 24.5. The molecule has 7 nitrogen and oxygen atoms in total. The Kier molecular flexibility index (Phi) is 5.99. The highest BCUT2D eigenvalue weighted by Crippen LogP contribution is 2.41. The first-order valence-electron chi connectivity index (χ1n) is 11.6. The SMILES string of the molecule is COc1cc(NC(=O)N2CCc3c([nH]c4ccccc34)[C@H]2c2ccc(C)cc2)cc(OC)c1OC. The van der Waals surface area contributed by atoms with Crippen molar-refractivity contribution in [2.75, 3.05) is 33.2 Å². The van der Waals surface area contributed by atoms with E-state index < -0.39 is 0 Å². The monoisotopic (exact) mass is 471 g/mol. The summed E-state index contributed by atoms with van der Waals surface area (Å²) in [5.74, 6) is 1.44. The van der Waals surface area contributed by atoms with Crippen LogP contribution in [-0.4, -0.2) is 43.8 Å². The number of hydrogen-bond donors (Lipinski definition) is 2. The Morgan fingerprint density at radius 3 is 2.31 bits per heavy atom. The van der Waals surface area contributed by atoms with Crippen LogP contribution in [0.1, 0.15) is 28.4 Å². The molecule has 5 rings (SSSR count). The van der Waals surface area contributed by atoms with Crippen molar-refractivity contribution in [3.8, 4) is 17.2 Å². The summed E-state index contributed by atoms with van der Waals surface area (Å²) in [6.45, 7) is 2.65. The van der Waals surface area contributed by atoms with Crippen LogP contribution in [0.4, 0.5) is 10.5 Å². The predicted molar refractivity (Wildman–Crippen MR) is 137 cm³/mol. The van der Waals surface area contributed by atoms with Crippen LogP contribution < -0.4 is 19.5 Å². The number of ether oxygens (including phenoxy) is 3. The molecule has 1 atom stereocenters. The van der Waals surface area contributed by atoms with Gasteiger partial charge < -0.3 is 29.4 Å². The summed E-state index contributed by atoms with van der Waals surface area (Å²) in [6.07, 6.45) is 0.768. The summed E-state index contributed by atoms with van der Waals surface area (Å²) in [6, 6.07) is 19.7. The second kappa shape index (κ2) is 9.25. The predicted octanol–water partition coefficient (Wildman–Crippen LogP) is 5.68. The van der Waals surface area contributed by atoms with Gasteiger partial charge in [0.25, 0.3) is 0 Å². The van der Waals surface area contributed by atoms with Crippen LogP contribution in [-0.2, 0) is 6.42 Å². The Balaban J connectivity index is 1.54. The number of urea groups is 1. The molecule has 2 N–H and O–H groups in total. The van der Waals surface area contributed by atoms with Gasteiger partial charge in [-0.3, -0.25) is 0 Å². The molecule has 0 spiro atoms. The van der Waals surface area contributed by atoms with Crippen molar-refractivity contribution >= 4 is 22.6 Å². The lowest BCUT2D eigenvalue weighted by Crippen LogP contribution is -2.43. The molecule has 1 aliphatic heterocycles. The van der Waals surface area contributed by atoms with Gasteiger partial charge in [-0.15, -0.1) is 0 Å². The Bertz CT molecular complexity index is 1350. The number of para-hydroxylation sites is 1. The largest absolute Gasteiger partial charge is 0.493 e. The van der Waals surface area contributed by atoms with E-state index in [-0.39, 0.29) is 12.1 Å². The van der Waals surface area contributed by atoms with Gasteiger partial charge in [-0.05, 0) is 30.5 Å². The average Bonchev–Trinajstić information content (AvgIpc) is 3.26. The van der Waals surface area contributed by atoms with Gasteiger partial charge >= 0.3 is 6.03 Å². The molecule has 0 fully saturated rings. The lowest BCUT2D eigenvalue weighted by atomic mass is 9.92. The van der Waals surface area contributed by atoms with E-state index in [1.54, 1.807) is 33.5 Å². The van der Waals surface area contributed by atoms with Gasteiger partial charge in [0.05, 0.1) is 33.1 Å². The van der Waals surface area contributed by atoms with E-state index in [1.165, 1.54) is 16.5 Å². The second-order valence-electron chi connectivity index (χ2n) is 8.66. The summed E-state index contributed by atoms with van der Waals surface area (Å²) in [5, 5.41) is 4.26. The van der Waals surface area contributed by atoms with E-state index in [0.717, 1.165) is 23.2 Å². The van der Waals surface area contributed by atoms with Crippen molar-refractivity contribution in [3.05, 3.63) is 83.0 Å². The molecular weight excluding hydrogens is 442 g/mol. The number of carbonyl (C=O) groups is 1. The van der Waals surface area contributed by atoms with E-state index in [1.807, 2.05) is 11.0 Å². The molecule has 4 aromatic rings. The first kappa shape index (κ1) is 22.7. The number of aromatic amines is 1. The fraction of sp³-hybridized carbons (Fsp3) is 0.250. The average molecular weight is 472 g/mol. The summed E-state index contributed by atoms with van der Waals surface area (Å²) in [5.41, 5.74) is 6.21. The van der Waals surface area contributed by atoms with Gasteiger partial charge in [0.15, 0.2) is 11.5 Å². The van der Waals surface area contributed by atoms with Gasteiger partial charge in [0.2, 0.25) is 5.75 Å². The minimum atomic E-state index is -0.242. The lowest BCUT2D eigenvalue weighted by Gasteiger charge is -2.36. The summed E-state index contributed by atoms with van der Waals surface area (Å²) < 4.78 is 16.3. The number of hydrogen-bond acceptors (Lipinski definition) is 4. The maximum absolute atomic E-state index is 13.7. The number of benzene rings is 3. The summed E-state index contributed by atoms with van der Waals surface area (Å²) in [4.78, 5) is 19.2. The molecule has 0 bridgehead atoms. The van der Waals surface area contributed by atoms with Crippen LogP contribution in [0.2, 0.25) is 0 Å². The maximum Gasteiger partial charge on any atom is 0.322 e. The first-order chi connectivity index (χ1) is 17.0. The van der Waals surface area contributed by atoms with Gasteiger partial charge in [0.1, 0.15) is 0 Å². The lowest BCUT2D eigenvalue weighted by molar-refractivity contribution is 0.193. The van der Waals surface area contributed by atoms with Gasteiger partial charge in [-0.2, -0.15) is 0 Å². The molecule has 2 amide bonds. The number of nitrogens with zero attached hydrogens (tertiary/aromatic N) is 1. The van der Waals surface area contributed by atoms with Crippen LogP contribution in [0.15, 0.2) is 60.7 Å². The standard InChI is InChI=1S/C28H29N3O4/c1-17-9-11-18(12-10-17)26-25-21(20-7-5-6-8-22(20)30-25)13-14-31(26)28(32)29-19-15-23(33-2)27(35-4)24(16-19)34-3/h5-12,15-16,26,30H,13-14H2,1-4H3,(H,29,32)/t26-/m1/s1. The quantitative estimate of drug-likeness (QED) is 0.393. The van der Waals surface area contributed by atoms with Gasteiger partial charge in [0, 0.05) is 35.3 Å². The maximum atomic E-state index is 13.7. The van der Waals surface area contributed by atoms with Crippen molar-refractivity contribution in [1.29, 1.82) is 0 Å². The van der Waals surface area contributed by atoms with Crippen molar-refractivity contribution in [3.63, 3.8) is 0 Å².